The fourth-order valence-corrected chi connectivity index (χ4v) is 3.93. The van der Waals surface area contributed by atoms with Gasteiger partial charge in [-0.1, -0.05) is 13.8 Å². The van der Waals surface area contributed by atoms with Crippen LogP contribution in [0.3, 0.4) is 0 Å². The normalized spacial score (nSPS) is 16.0. The second-order valence-electron chi connectivity index (χ2n) is 5.85. The van der Waals surface area contributed by atoms with Gasteiger partial charge in [-0.25, -0.2) is 0 Å². The summed E-state index contributed by atoms with van der Waals surface area (Å²) in [6.45, 7) is 10.4. The molecule has 0 aromatic carbocycles. The molecule has 0 aliphatic carbocycles. The number of thiophene rings is 1. The molecular weight excluding hydrogens is 330 g/mol. The van der Waals surface area contributed by atoms with Crippen molar-refractivity contribution in [3.05, 3.63) is 20.8 Å². The van der Waals surface area contributed by atoms with Crippen molar-refractivity contribution in [3.63, 3.8) is 0 Å². The summed E-state index contributed by atoms with van der Waals surface area (Å²) in [5.74, 6) is 0.570. The Balaban J connectivity index is 2.79. The molecule has 0 amide bonds. The summed E-state index contributed by atoms with van der Waals surface area (Å²) < 4.78 is 16.4. The Morgan fingerprint density at radius 1 is 1.44 bits per heavy atom. The van der Waals surface area contributed by atoms with Crippen LogP contribution in [0.2, 0.25) is 0 Å². The standard InChI is InChI=1S/C13H22BrNOS2/c1-9(2)6-11(12-7-10(14)8-17-12)15-18(16)13(3,4)5/h7-9,11,15H,6H2,1-5H3/t11-,18-/m0/s1. The van der Waals surface area contributed by atoms with Crippen LogP contribution in [-0.4, -0.2) is 9.30 Å². The predicted molar refractivity (Wildman–Crippen MR) is 85.2 cm³/mol. The Morgan fingerprint density at radius 2 is 2.06 bits per heavy atom. The molecule has 2 nitrogen and oxygen atoms in total. The van der Waals surface area contributed by atoms with Crippen LogP contribution in [0.25, 0.3) is 0 Å². The van der Waals surface area contributed by atoms with Crippen molar-refractivity contribution >= 4 is 38.6 Å². The van der Waals surface area contributed by atoms with Crippen molar-refractivity contribution in [2.24, 2.45) is 5.92 Å². The molecule has 1 heterocycles. The lowest BCUT2D eigenvalue weighted by atomic mass is 10.0. The number of hydrogen-bond donors (Lipinski definition) is 1. The molecule has 0 spiro atoms. The van der Waals surface area contributed by atoms with Crippen molar-refractivity contribution in [1.29, 1.82) is 0 Å². The number of rotatable bonds is 5. The lowest BCUT2D eigenvalue weighted by molar-refractivity contribution is 0.466. The van der Waals surface area contributed by atoms with Crippen molar-refractivity contribution in [1.82, 2.24) is 4.72 Å². The van der Waals surface area contributed by atoms with Crippen LogP contribution < -0.4 is 4.72 Å². The van der Waals surface area contributed by atoms with E-state index in [0.29, 0.717) is 5.92 Å². The van der Waals surface area contributed by atoms with Gasteiger partial charge in [0.2, 0.25) is 0 Å². The molecule has 104 valence electrons. The average molecular weight is 352 g/mol. The highest BCUT2D eigenvalue weighted by molar-refractivity contribution is 9.10. The molecule has 0 saturated carbocycles. The molecule has 0 aliphatic heterocycles. The first-order valence-electron chi connectivity index (χ1n) is 6.12. The summed E-state index contributed by atoms with van der Waals surface area (Å²) >= 11 is 4.15. The SMILES string of the molecule is CC(C)C[C@H](N[S@@+]([O-])C(C)(C)C)c1cc(Br)cs1. The van der Waals surface area contributed by atoms with Crippen LogP contribution >= 0.6 is 27.3 Å². The Morgan fingerprint density at radius 3 is 2.44 bits per heavy atom. The third-order valence-corrected chi connectivity index (χ3v) is 5.86. The molecule has 1 N–H and O–H groups in total. The van der Waals surface area contributed by atoms with Crippen molar-refractivity contribution < 1.29 is 4.55 Å². The average Bonchev–Trinajstić information content (AvgIpc) is 2.61. The summed E-state index contributed by atoms with van der Waals surface area (Å²) in [6.07, 6.45) is 0.995. The van der Waals surface area contributed by atoms with Crippen LogP contribution in [0.5, 0.6) is 0 Å². The van der Waals surface area contributed by atoms with Crippen LogP contribution in [0.4, 0.5) is 0 Å². The lowest BCUT2D eigenvalue weighted by Gasteiger charge is -2.28. The van der Waals surface area contributed by atoms with Crippen LogP contribution in [0.1, 0.15) is 52.0 Å². The monoisotopic (exact) mass is 351 g/mol. The van der Waals surface area contributed by atoms with Gasteiger partial charge in [-0.2, -0.15) is 0 Å². The molecule has 0 unspecified atom stereocenters. The fraction of sp³-hybridized carbons (Fsp3) is 0.692. The molecule has 0 radical (unpaired) electrons. The Hall–Kier alpha value is 0.450. The highest BCUT2D eigenvalue weighted by Crippen LogP contribution is 2.31. The van der Waals surface area contributed by atoms with Crippen LogP contribution in [-0.2, 0) is 11.4 Å². The van der Waals surface area contributed by atoms with Gasteiger partial charge in [-0.15, -0.1) is 16.1 Å². The summed E-state index contributed by atoms with van der Waals surface area (Å²) in [4.78, 5) is 1.24. The first-order valence-corrected chi connectivity index (χ1v) is 8.94. The minimum Gasteiger partial charge on any atom is -0.598 e. The summed E-state index contributed by atoms with van der Waals surface area (Å²) in [5, 5.41) is 2.07. The predicted octanol–water partition coefficient (Wildman–Crippen LogP) is 4.65. The summed E-state index contributed by atoms with van der Waals surface area (Å²) in [7, 11) is 0. The third-order valence-electron chi connectivity index (χ3n) is 2.44. The maximum atomic E-state index is 12.2. The molecule has 0 aliphatic rings. The number of halogens is 1. The molecule has 0 bridgehead atoms. The van der Waals surface area contributed by atoms with Crippen LogP contribution in [0, 0.1) is 5.92 Å². The van der Waals surface area contributed by atoms with Gasteiger partial charge >= 0.3 is 0 Å². The van der Waals surface area contributed by atoms with E-state index in [1.165, 1.54) is 4.88 Å². The second kappa shape index (κ2) is 6.75. The van der Waals surface area contributed by atoms with Gasteiger partial charge in [0.25, 0.3) is 0 Å². The second-order valence-corrected chi connectivity index (χ2v) is 9.70. The first kappa shape index (κ1) is 16.5. The molecule has 1 aromatic heterocycles. The van der Waals surface area contributed by atoms with E-state index < -0.39 is 11.4 Å². The van der Waals surface area contributed by atoms with Crippen molar-refractivity contribution in [2.45, 2.75) is 51.8 Å². The van der Waals surface area contributed by atoms with E-state index in [9.17, 15) is 4.55 Å². The topological polar surface area (TPSA) is 35.1 Å². The zero-order valence-corrected chi connectivity index (χ0v) is 14.8. The quantitative estimate of drug-likeness (QED) is 0.783. The highest BCUT2D eigenvalue weighted by atomic mass is 79.9. The van der Waals surface area contributed by atoms with E-state index in [0.717, 1.165) is 10.9 Å². The van der Waals surface area contributed by atoms with Gasteiger partial charge in [0.1, 0.15) is 4.75 Å². The summed E-state index contributed by atoms with van der Waals surface area (Å²) in [5.41, 5.74) is 0. The molecule has 0 saturated heterocycles. The Labute approximate surface area is 126 Å². The van der Waals surface area contributed by atoms with Gasteiger partial charge < -0.3 is 4.55 Å². The molecular formula is C13H22BrNOS2. The van der Waals surface area contributed by atoms with Crippen molar-refractivity contribution in [2.75, 3.05) is 0 Å². The number of nitrogens with one attached hydrogen (secondary N) is 1. The van der Waals surface area contributed by atoms with Gasteiger partial charge in [0.05, 0.1) is 6.04 Å². The fourth-order valence-electron chi connectivity index (χ4n) is 1.51. The summed E-state index contributed by atoms with van der Waals surface area (Å²) in [6, 6.07) is 2.28. The highest BCUT2D eigenvalue weighted by Gasteiger charge is 2.30. The van der Waals surface area contributed by atoms with Gasteiger partial charge in [0, 0.05) is 26.1 Å². The maximum absolute atomic E-state index is 12.2. The Bertz CT molecular complexity index is 373. The number of hydrogen-bond acceptors (Lipinski definition) is 3. The first-order chi connectivity index (χ1) is 8.20. The van der Waals surface area contributed by atoms with Gasteiger partial charge in [0.15, 0.2) is 0 Å². The van der Waals surface area contributed by atoms with Gasteiger partial charge in [-0.05, 0) is 55.1 Å². The van der Waals surface area contributed by atoms with Gasteiger partial charge in [-0.3, -0.25) is 0 Å². The van der Waals surface area contributed by atoms with E-state index in [2.05, 4.69) is 45.9 Å². The zero-order valence-electron chi connectivity index (χ0n) is 11.6. The van der Waals surface area contributed by atoms with E-state index in [1.807, 2.05) is 20.8 Å². The molecule has 18 heavy (non-hydrogen) atoms. The van der Waals surface area contributed by atoms with Crippen LogP contribution in [0.15, 0.2) is 15.9 Å². The molecule has 2 atom stereocenters. The molecule has 1 rings (SSSR count). The van der Waals surface area contributed by atoms with E-state index >= 15 is 0 Å². The zero-order chi connectivity index (χ0) is 13.9. The van der Waals surface area contributed by atoms with Crippen molar-refractivity contribution in [3.8, 4) is 0 Å². The molecule has 0 fully saturated rings. The third kappa shape index (κ3) is 5.21. The largest absolute Gasteiger partial charge is 0.598 e. The lowest BCUT2D eigenvalue weighted by Crippen LogP contribution is -2.41. The Kier molecular flexibility index (Phi) is 6.19. The van der Waals surface area contributed by atoms with E-state index in [4.69, 9.17) is 0 Å². The molecule has 5 heteroatoms. The van der Waals surface area contributed by atoms with E-state index in [-0.39, 0.29) is 10.8 Å². The smallest absolute Gasteiger partial charge is 0.136 e. The minimum absolute atomic E-state index is 0.168. The molecule has 1 aromatic rings. The minimum atomic E-state index is -1.03. The van der Waals surface area contributed by atoms with E-state index in [1.54, 1.807) is 11.3 Å². The maximum Gasteiger partial charge on any atom is 0.136 e.